The van der Waals surface area contributed by atoms with Gasteiger partial charge in [-0.25, -0.2) is 4.68 Å². The average molecular weight is 524 g/mol. The summed E-state index contributed by atoms with van der Waals surface area (Å²) in [6.45, 7) is 3.63. The first-order chi connectivity index (χ1) is 18.9. The van der Waals surface area contributed by atoms with Crippen LogP contribution in [0.15, 0.2) is 72.9 Å². The normalized spacial score (nSPS) is 11.7. The Labute approximate surface area is 229 Å². The Morgan fingerprint density at radius 2 is 1.56 bits per heavy atom. The summed E-state index contributed by atoms with van der Waals surface area (Å²) in [5, 5.41) is 14.3. The first kappa shape index (κ1) is 26.6. The zero-order valence-electron chi connectivity index (χ0n) is 23.3. The molecule has 2 heterocycles. The lowest BCUT2D eigenvalue weighted by Crippen LogP contribution is -2.27. The predicted molar refractivity (Wildman–Crippen MR) is 158 cm³/mol. The fourth-order valence-corrected chi connectivity index (χ4v) is 4.99. The molecular formula is C31H37N7O. The molecular weight excluding hydrogens is 486 g/mol. The highest BCUT2D eigenvalue weighted by Crippen LogP contribution is 2.32. The quantitative estimate of drug-likeness (QED) is 0.255. The molecule has 0 bridgehead atoms. The van der Waals surface area contributed by atoms with Crippen LogP contribution >= 0.6 is 0 Å². The fraction of sp³-hybridized carbons (Fsp3) is 0.323. The van der Waals surface area contributed by atoms with Gasteiger partial charge in [-0.3, -0.25) is 4.79 Å². The Kier molecular flexibility index (Phi) is 8.05. The van der Waals surface area contributed by atoms with E-state index < -0.39 is 0 Å². The summed E-state index contributed by atoms with van der Waals surface area (Å²) in [6, 6.07) is 22.6. The highest BCUT2D eigenvalue weighted by Gasteiger charge is 2.13. The van der Waals surface area contributed by atoms with E-state index in [1.165, 1.54) is 21.8 Å². The van der Waals surface area contributed by atoms with Crippen molar-refractivity contribution in [1.29, 1.82) is 0 Å². The highest BCUT2D eigenvalue weighted by molar-refractivity contribution is 6.09. The van der Waals surface area contributed by atoms with Gasteiger partial charge in [-0.2, -0.15) is 0 Å². The molecule has 0 radical (unpaired) electrons. The summed E-state index contributed by atoms with van der Waals surface area (Å²) in [5.41, 5.74) is 5.83. The minimum atomic E-state index is -0.0613. The molecule has 202 valence electrons. The van der Waals surface area contributed by atoms with Crippen LogP contribution in [0.2, 0.25) is 0 Å². The van der Waals surface area contributed by atoms with Crippen molar-refractivity contribution in [2.45, 2.75) is 19.4 Å². The minimum absolute atomic E-state index is 0.0613. The van der Waals surface area contributed by atoms with Crippen LogP contribution < -0.4 is 5.32 Å². The Hall–Kier alpha value is -4.01. The lowest BCUT2D eigenvalue weighted by Gasteiger charge is -2.11. The molecule has 0 spiro atoms. The van der Waals surface area contributed by atoms with Crippen molar-refractivity contribution in [1.82, 2.24) is 34.7 Å². The molecule has 0 unspecified atom stereocenters. The van der Waals surface area contributed by atoms with Gasteiger partial charge < -0.3 is 19.7 Å². The molecule has 0 atom stereocenters. The maximum atomic E-state index is 12.5. The number of para-hydroxylation sites is 1. The third-order valence-electron chi connectivity index (χ3n) is 7.01. The maximum absolute atomic E-state index is 12.5. The number of rotatable bonds is 11. The van der Waals surface area contributed by atoms with Crippen molar-refractivity contribution in [2.75, 3.05) is 47.8 Å². The number of hydrogen-bond donors (Lipinski definition) is 1. The third kappa shape index (κ3) is 6.02. The van der Waals surface area contributed by atoms with Crippen LogP contribution in [0.5, 0.6) is 0 Å². The number of aryl methyl sites for hydroxylation is 1. The molecule has 5 rings (SSSR count). The van der Waals surface area contributed by atoms with E-state index in [1.54, 1.807) is 4.68 Å². The first-order valence-corrected chi connectivity index (χ1v) is 13.5. The third-order valence-corrected chi connectivity index (χ3v) is 7.01. The maximum Gasteiger partial charge on any atom is 0.251 e. The number of carbonyl (C=O) groups excluding carboxylic acids is 1. The summed E-state index contributed by atoms with van der Waals surface area (Å²) < 4.78 is 4.18. The minimum Gasteiger partial charge on any atom is -0.352 e. The molecule has 1 amide bonds. The van der Waals surface area contributed by atoms with E-state index in [2.05, 4.69) is 86.6 Å². The molecule has 0 saturated heterocycles. The predicted octanol–water partition coefficient (Wildman–Crippen LogP) is 4.68. The van der Waals surface area contributed by atoms with E-state index in [4.69, 9.17) is 0 Å². The second kappa shape index (κ2) is 11.8. The molecule has 0 aliphatic rings. The molecule has 8 nitrogen and oxygen atoms in total. The van der Waals surface area contributed by atoms with Crippen LogP contribution in [0.3, 0.4) is 0 Å². The Morgan fingerprint density at radius 3 is 2.33 bits per heavy atom. The van der Waals surface area contributed by atoms with E-state index in [0.717, 1.165) is 49.4 Å². The van der Waals surface area contributed by atoms with Crippen molar-refractivity contribution in [3.8, 4) is 16.9 Å². The lowest BCUT2D eigenvalue weighted by molar-refractivity contribution is 0.0952. The first-order valence-electron chi connectivity index (χ1n) is 13.5. The summed E-state index contributed by atoms with van der Waals surface area (Å²) in [5.74, 6) is -0.0613. The van der Waals surface area contributed by atoms with Crippen molar-refractivity contribution in [3.05, 3.63) is 78.5 Å². The van der Waals surface area contributed by atoms with Gasteiger partial charge in [-0.15, -0.1) is 5.10 Å². The van der Waals surface area contributed by atoms with Crippen LogP contribution in [0.1, 0.15) is 23.2 Å². The monoisotopic (exact) mass is 523 g/mol. The van der Waals surface area contributed by atoms with Gasteiger partial charge in [0.2, 0.25) is 0 Å². The Balaban J connectivity index is 1.34. The molecule has 2 aromatic heterocycles. The van der Waals surface area contributed by atoms with Crippen LogP contribution in [-0.2, 0) is 6.54 Å². The van der Waals surface area contributed by atoms with E-state index in [-0.39, 0.29) is 5.91 Å². The number of nitrogens with zero attached hydrogens (tertiary/aromatic N) is 6. The summed E-state index contributed by atoms with van der Waals surface area (Å²) in [6.07, 6.45) is 3.95. The van der Waals surface area contributed by atoms with Gasteiger partial charge in [0.05, 0.1) is 11.9 Å². The van der Waals surface area contributed by atoms with Gasteiger partial charge in [-0.1, -0.05) is 29.5 Å². The number of amides is 1. The standard InChI is InChI=1S/C31H37N7O/c1-35(2)18-7-17-32-31(39)23-11-14-25(15-12-23)38-22-28(33-34-38)24-13-16-30-27(21-24)26-9-5-6-10-29(26)37(30)20-8-19-36(3)4/h5-6,9-16,21-22H,7-8,17-20H2,1-4H3,(H,32,39). The Morgan fingerprint density at radius 1 is 0.846 bits per heavy atom. The SMILES string of the molecule is CN(C)CCCNC(=O)c1ccc(-n2cc(-c3ccc4c(c3)c3ccccc3n4CCCN(C)C)nn2)cc1. The summed E-state index contributed by atoms with van der Waals surface area (Å²) in [7, 11) is 8.29. The molecule has 1 N–H and O–H groups in total. The molecule has 0 fully saturated rings. The van der Waals surface area contributed by atoms with E-state index >= 15 is 0 Å². The molecule has 39 heavy (non-hydrogen) atoms. The fourth-order valence-electron chi connectivity index (χ4n) is 4.99. The lowest BCUT2D eigenvalue weighted by atomic mass is 10.1. The Bertz CT molecular complexity index is 1560. The van der Waals surface area contributed by atoms with Crippen molar-refractivity contribution < 1.29 is 4.79 Å². The highest BCUT2D eigenvalue weighted by atomic mass is 16.1. The topological polar surface area (TPSA) is 71.2 Å². The molecule has 8 heteroatoms. The summed E-state index contributed by atoms with van der Waals surface area (Å²) >= 11 is 0. The van der Waals surface area contributed by atoms with Crippen molar-refractivity contribution >= 4 is 27.7 Å². The molecule has 0 aliphatic carbocycles. The number of aromatic nitrogens is 4. The van der Waals surface area contributed by atoms with Gasteiger partial charge in [-0.05, 0) is 96.6 Å². The smallest absolute Gasteiger partial charge is 0.251 e. The molecule has 0 saturated carbocycles. The van der Waals surface area contributed by atoms with Gasteiger partial charge in [0.25, 0.3) is 5.91 Å². The van der Waals surface area contributed by atoms with Crippen LogP contribution in [0.25, 0.3) is 38.8 Å². The van der Waals surface area contributed by atoms with Crippen molar-refractivity contribution in [3.63, 3.8) is 0 Å². The van der Waals surface area contributed by atoms with Crippen molar-refractivity contribution in [2.24, 2.45) is 0 Å². The van der Waals surface area contributed by atoms with E-state index in [0.29, 0.717) is 12.1 Å². The van der Waals surface area contributed by atoms with E-state index in [9.17, 15) is 4.79 Å². The number of nitrogens with one attached hydrogen (secondary N) is 1. The second-order valence-electron chi connectivity index (χ2n) is 10.6. The van der Waals surface area contributed by atoms with Gasteiger partial charge in [0, 0.05) is 46.0 Å². The summed E-state index contributed by atoms with van der Waals surface area (Å²) in [4.78, 5) is 16.8. The number of carbonyl (C=O) groups is 1. The number of hydrogen-bond acceptors (Lipinski definition) is 5. The number of benzene rings is 3. The van der Waals surface area contributed by atoms with Crippen LogP contribution in [0.4, 0.5) is 0 Å². The van der Waals surface area contributed by atoms with Gasteiger partial charge >= 0.3 is 0 Å². The molecule has 5 aromatic rings. The average Bonchev–Trinajstić information content (AvgIpc) is 3.54. The number of fused-ring (bicyclic) bond motifs is 3. The van der Waals surface area contributed by atoms with Gasteiger partial charge in [0.15, 0.2) is 0 Å². The second-order valence-corrected chi connectivity index (χ2v) is 10.6. The van der Waals surface area contributed by atoms with Gasteiger partial charge in [0.1, 0.15) is 5.69 Å². The largest absolute Gasteiger partial charge is 0.352 e. The van der Waals surface area contributed by atoms with Crippen LogP contribution in [-0.4, -0.2) is 83.1 Å². The molecule has 3 aromatic carbocycles. The van der Waals surface area contributed by atoms with Crippen LogP contribution in [0, 0.1) is 0 Å². The van der Waals surface area contributed by atoms with E-state index in [1.807, 2.05) is 44.6 Å². The zero-order valence-corrected chi connectivity index (χ0v) is 23.3. The zero-order chi connectivity index (χ0) is 27.4. The molecule has 0 aliphatic heterocycles.